The van der Waals surface area contributed by atoms with Crippen LogP contribution in [0.4, 0.5) is 0 Å². The maximum atomic E-state index is 4.39. The molecular weight excluding hydrogens is 261 g/mol. The minimum Gasteiger partial charge on any atom is -0.261 e. The lowest BCUT2D eigenvalue weighted by atomic mass is 10.0. The molecule has 66 valence electrons. The van der Waals surface area contributed by atoms with Crippen molar-refractivity contribution >= 4 is 22.6 Å². The summed E-state index contributed by atoms with van der Waals surface area (Å²) in [6.07, 6.45) is 1.87. The second-order valence-corrected chi connectivity index (χ2v) is 5.12. The molecule has 1 rings (SSSR count). The number of halogens is 1. The van der Waals surface area contributed by atoms with Crippen LogP contribution in [0.15, 0.2) is 18.3 Å². The number of aromatic nitrogens is 1. The SMILES string of the molecule is CC(C)c1ncccc1C(C)I. The van der Waals surface area contributed by atoms with E-state index in [1.807, 2.05) is 12.3 Å². The predicted molar refractivity (Wildman–Crippen MR) is 60.8 cm³/mol. The van der Waals surface area contributed by atoms with E-state index in [9.17, 15) is 0 Å². The largest absolute Gasteiger partial charge is 0.261 e. The highest BCUT2D eigenvalue weighted by atomic mass is 127. The highest BCUT2D eigenvalue weighted by Crippen LogP contribution is 2.28. The Kier molecular flexibility index (Phi) is 3.50. The van der Waals surface area contributed by atoms with Crippen LogP contribution in [0.2, 0.25) is 0 Å². The van der Waals surface area contributed by atoms with Gasteiger partial charge in [0.2, 0.25) is 0 Å². The molecule has 12 heavy (non-hydrogen) atoms. The fraction of sp³-hybridized carbons (Fsp3) is 0.500. The number of rotatable bonds is 2. The molecule has 1 nitrogen and oxygen atoms in total. The first-order valence-electron chi connectivity index (χ1n) is 4.21. The first kappa shape index (κ1) is 9.96. The van der Waals surface area contributed by atoms with Gasteiger partial charge < -0.3 is 0 Å². The van der Waals surface area contributed by atoms with Gasteiger partial charge in [0.1, 0.15) is 0 Å². The smallest absolute Gasteiger partial charge is 0.0471 e. The number of alkyl halides is 1. The van der Waals surface area contributed by atoms with Gasteiger partial charge >= 0.3 is 0 Å². The van der Waals surface area contributed by atoms with Gasteiger partial charge in [-0.2, -0.15) is 0 Å². The maximum Gasteiger partial charge on any atom is 0.0471 e. The van der Waals surface area contributed by atoms with Crippen molar-refractivity contribution in [2.75, 3.05) is 0 Å². The van der Waals surface area contributed by atoms with Crippen molar-refractivity contribution in [2.24, 2.45) is 0 Å². The van der Waals surface area contributed by atoms with Crippen LogP contribution in [0.1, 0.15) is 41.9 Å². The van der Waals surface area contributed by atoms with Gasteiger partial charge in [-0.05, 0) is 24.5 Å². The molecule has 0 spiro atoms. The summed E-state index contributed by atoms with van der Waals surface area (Å²) in [6.45, 7) is 6.57. The van der Waals surface area contributed by atoms with Crippen LogP contribution in [0.5, 0.6) is 0 Å². The van der Waals surface area contributed by atoms with Crippen LogP contribution in [-0.4, -0.2) is 4.98 Å². The van der Waals surface area contributed by atoms with Gasteiger partial charge in [0.25, 0.3) is 0 Å². The summed E-state index contributed by atoms with van der Waals surface area (Å²) in [4.78, 5) is 4.39. The zero-order valence-electron chi connectivity index (χ0n) is 7.71. The average molecular weight is 275 g/mol. The van der Waals surface area contributed by atoms with Crippen molar-refractivity contribution in [2.45, 2.75) is 30.6 Å². The minimum atomic E-state index is 0.526. The third kappa shape index (κ3) is 2.19. The molecule has 0 aliphatic rings. The molecule has 1 atom stereocenters. The second kappa shape index (κ2) is 4.21. The van der Waals surface area contributed by atoms with Crippen molar-refractivity contribution in [1.29, 1.82) is 0 Å². The molecule has 0 amide bonds. The van der Waals surface area contributed by atoms with Gasteiger partial charge in [0.05, 0.1) is 0 Å². The van der Waals surface area contributed by atoms with E-state index in [1.165, 1.54) is 11.3 Å². The van der Waals surface area contributed by atoms with Gasteiger partial charge in [0.15, 0.2) is 0 Å². The molecule has 0 radical (unpaired) electrons. The van der Waals surface area contributed by atoms with E-state index < -0.39 is 0 Å². The molecule has 0 aromatic carbocycles. The molecule has 1 unspecified atom stereocenters. The van der Waals surface area contributed by atoms with Crippen molar-refractivity contribution in [3.8, 4) is 0 Å². The Balaban J connectivity index is 3.09. The van der Waals surface area contributed by atoms with Crippen LogP contribution >= 0.6 is 22.6 Å². The van der Waals surface area contributed by atoms with Gasteiger partial charge in [-0.15, -0.1) is 0 Å². The normalized spacial score (nSPS) is 13.4. The fourth-order valence-corrected chi connectivity index (χ4v) is 1.78. The number of nitrogens with zero attached hydrogens (tertiary/aromatic N) is 1. The number of pyridine rings is 1. The summed E-state index contributed by atoms with van der Waals surface area (Å²) in [5, 5.41) is 0. The van der Waals surface area contributed by atoms with Crippen molar-refractivity contribution in [1.82, 2.24) is 4.98 Å². The number of hydrogen-bond acceptors (Lipinski definition) is 1. The first-order valence-corrected chi connectivity index (χ1v) is 5.46. The highest BCUT2D eigenvalue weighted by Gasteiger charge is 2.10. The summed E-state index contributed by atoms with van der Waals surface area (Å²) in [5.74, 6) is 0.526. The fourth-order valence-electron chi connectivity index (χ4n) is 1.25. The van der Waals surface area contributed by atoms with Gasteiger partial charge in [-0.1, -0.05) is 42.5 Å². The van der Waals surface area contributed by atoms with E-state index in [-0.39, 0.29) is 0 Å². The predicted octanol–water partition coefficient (Wildman–Crippen LogP) is 3.70. The Bertz CT molecular complexity index is 229. The number of hydrogen-bond donors (Lipinski definition) is 0. The lowest BCUT2D eigenvalue weighted by Crippen LogP contribution is -1.99. The highest BCUT2D eigenvalue weighted by molar-refractivity contribution is 14.1. The van der Waals surface area contributed by atoms with Gasteiger partial charge in [-0.3, -0.25) is 4.98 Å². The van der Waals surface area contributed by atoms with E-state index in [1.54, 1.807) is 0 Å². The Morgan fingerprint density at radius 2 is 2.00 bits per heavy atom. The van der Waals surface area contributed by atoms with E-state index in [0.717, 1.165) is 0 Å². The first-order chi connectivity index (χ1) is 5.63. The molecule has 0 aliphatic heterocycles. The standard InChI is InChI=1S/C10H14IN/c1-7(2)10-9(8(3)11)5-4-6-12-10/h4-8H,1-3H3. The molecule has 0 aliphatic carbocycles. The molecule has 0 bridgehead atoms. The third-order valence-corrected chi connectivity index (χ3v) is 2.52. The minimum absolute atomic E-state index is 0.526. The molecular formula is C10H14IN. The van der Waals surface area contributed by atoms with Crippen LogP contribution in [0, 0.1) is 0 Å². The summed E-state index contributed by atoms with van der Waals surface area (Å²) in [7, 11) is 0. The van der Waals surface area contributed by atoms with E-state index in [2.05, 4.69) is 54.4 Å². The third-order valence-electron chi connectivity index (χ3n) is 1.85. The Hall–Kier alpha value is -0.120. The molecule has 0 N–H and O–H groups in total. The van der Waals surface area contributed by atoms with Crippen LogP contribution in [0.25, 0.3) is 0 Å². The van der Waals surface area contributed by atoms with Gasteiger partial charge in [-0.25, -0.2) is 0 Å². The average Bonchev–Trinajstić information content (AvgIpc) is 2.04. The second-order valence-electron chi connectivity index (χ2n) is 3.25. The lowest BCUT2D eigenvalue weighted by molar-refractivity contribution is 0.800. The van der Waals surface area contributed by atoms with Crippen molar-refractivity contribution in [3.63, 3.8) is 0 Å². The van der Waals surface area contributed by atoms with Gasteiger partial charge in [0, 0.05) is 15.8 Å². The molecule has 0 fully saturated rings. The zero-order chi connectivity index (χ0) is 9.14. The Morgan fingerprint density at radius 3 is 2.42 bits per heavy atom. The lowest BCUT2D eigenvalue weighted by Gasteiger charge is -2.12. The maximum absolute atomic E-state index is 4.39. The zero-order valence-corrected chi connectivity index (χ0v) is 9.87. The van der Waals surface area contributed by atoms with Crippen molar-refractivity contribution < 1.29 is 0 Å². The summed E-state index contributed by atoms with van der Waals surface area (Å²) < 4.78 is 0.550. The van der Waals surface area contributed by atoms with E-state index in [4.69, 9.17) is 0 Å². The van der Waals surface area contributed by atoms with Crippen LogP contribution in [-0.2, 0) is 0 Å². The summed E-state index contributed by atoms with van der Waals surface area (Å²) >= 11 is 2.43. The quantitative estimate of drug-likeness (QED) is 0.592. The molecule has 0 saturated carbocycles. The molecule has 1 aromatic heterocycles. The Labute approximate surface area is 87.7 Å². The monoisotopic (exact) mass is 275 g/mol. The summed E-state index contributed by atoms with van der Waals surface area (Å²) in [5.41, 5.74) is 2.60. The van der Waals surface area contributed by atoms with Crippen molar-refractivity contribution in [3.05, 3.63) is 29.6 Å². The summed E-state index contributed by atoms with van der Waals surface area (Å²) in [6, 6.07) is 4.18. The van der Waals surface area contributed by atoms with E-state index in [0.29, 0.717) is 9.84 Å². The van der Waals surface area contributed by atoms with Crippen LogP contribution < -0.4 is 0 Å². The topological polar surface area (TPSA) is 12.9 Å². The Morgan fingerprint density at radius 1 is 1.33 bits per heavy atom. The van der Waals surface area contributed by atoms with E-state index >= 15 is 0 Å². The van der Waals surface area contributed by atoms with Crippen LogP contribution in [0.3, 0.4) is 0 Å². The molecule has 1 aromatic rings. The molecule has 2 heteroatoms. The molecule has 0 saturated heterocycles. The molecule has 1 heterocycles.